The fourth-order valence-corrected chi connectivity index (χ4v) is 0. The van der Waals surface area contributed by atoms with Crippen LogP contribution >= 0.6 is 0 Å². The van der Waals surface area contributed by atoms with Gasteiger partial charge in [-0.05, 0) is 0 Å². The molecule has 0 radical (unpaired) electrons. The Balaban J connectivity index is -0.0000000480. The molecule has 0 saturated carbocycles. The first-order valence-electron chi connectivity index (χ1n) is 2.49. The Kier molecular flexibility index (Phi) is 19.7. The van der Waals surface area contributed by atoms with Crippen LogP contribution in [0.15, 0.2) is 0 Å². The number of carboxylic acids is 2. The summed E-state index contributed by atoms with van der Waals surface area (Å²) in [6, 6.07) is 0. The Morgan fingerprint density at radius 1 is 0.706 bits per heavy atom. The van der Waals surface area contributed by atoms with Crippen LogP contribution in [-0.4, -0.2) is 34.5 Å². The van der Waals surface area contributed by atoms with Gasteiger partial charge >= 0.3 is 50.5 Å². The SMILES string of the molecule is O=C(O)C(F)(F)F.O=C(O)C(F)(F)F.[Cl-].[Cl-].[Zr+2]. The Morgan fingerprint density at radius 3 is 0.765 bits per heavy atom. The molecule has 0 aromatic carbocycles. The van der Waals surface area contributed by atoms with E-state index in [1.165, 1.54) is 0 Å². The van der Waals surface area contributed by atoms with Gasteiger partial charge in [0.1, 0.15) is 0 Å². The average molecular weight is 390 g/mol. The van der Waals surface area contributed by atoms with Crippen LogP contribution in [0.4, 0.5) is 26.3 Å². The van der Waals surface area contributed by atoms with Crippen LogP contribution in [-0.2, 0) is 35.8 Å². The first kappa shape index (κ1) is 30.2. The zero-order valence-electron chi connectivity index (χ0n) is 7.23. The summed E-state index contributed by atoms with van der Waals surface area (Å²) in [5.41, 5.74) is 0. The van der Waals surface area contributed by atoms with E-state index in [0.717, 1.165) is 0 Å². The maximum absolute atomic E-state index is 10.6. The van der Waals surface area contributed by atoms with Crippen molar-refractivity contribution in [3.05, 3.63) is 0 Å². The number of aliphatic carboxylic acids is 2. The molecule has 0 aliphatic carbocycles. The van der Waals surface area contributed by atoms with Crippen LogP contribution in [0.1, 0.15) is 0 Å². The van der Waals surface area contributed by atoms with Crippen molar-refractivity contribution in [1.29, 1.82) is 0 Å². The van der Waals surface area contributed by atoms with Crippen LogP contribution in [0.25, 0.3) is 0 Å². The average Bonchev–Trinajstić information content (AvgIpc) is 1.83. The van der Waals surface area contributed by atoms with Crippen LogP contribution < -0.4 is 24.8 Å². The Labute approximate surface area is 121 Å². The number of carboxylic acid groups (broad SMARTS) is 2. The van der Waals surface area contributed by atoms with Gasteiger partial charge in [-0.3, -0.25) is 0 Å². The molecule has 2 N–H and O–H groups in total. The first-order valence-corrected chi connectivity index (χ1v) is 2.49. The molecule has 0 heterocycles. The molecule has 4 nitrogen and oxygen atoms in total. The Bertz CT molecular complexity index is 205. The Hall–Kier alpha value is -0.0169. The summed E-state index contributed by atoms with van der Waals surface area (Å²) in [6.45, 7) is 0. The Morgan fingerprint density at radius 2 is 0.765 bits per heavy atom. The van der Waals surface area contributed by atoms with Gasteiger partial charge in [-0.25, -0.2) is 9.59 Å². The van der Waals surface area contributed by atoms with Crippen LogP contribution in [0.3, 0.4) is 0 Å². The summed E-state index contributed by atoms with van der Waals surface area (Å²) >= 11 is 0. The molecule has 0 aromatic rings. The molecule has 0 rings (SSSR count). The standard InChI is InChI=1S/2C2HF3O2.2ClH.Zr/c2*3-2(4,5)1(6)7;;;/h2*(H,6,7);2*1H;/q;;;;+2/p-2. The van der Waals surface area contributed by atoms with E-state index in [9.17, 15) is 26.3 Å². The normalized spacial score (nSPS) is 9.29. The van der Waals surface area contributed by atoms with Crippen molar-refractivity contribution >= 4 is 11.9 Å². The molecule has 0 atom stereocenters. The second-order valence-electron chi connectivity index (χ2n) is 1.61. The molecular formula is C4H2Cl2F6O4Zr. The summed E-state index contributed by atoms with van der Waals surface area (Å²) < 4.78 is 63.5. The number of halogens is 8. The third-order valence-corrected chi connectivity index (χ3v) is 0.485. The first-order chi connectivity index (χ1) is 5.89. The molecule has 0 aliphatic rings. The van der Waals surface area contributed by atoms with Crippen molar-refractivity contribution < 1.29 is 97.2 Å². The molecule has 102 valence electrons. The van der Waals surface area contributed by atoms with Crippen molar-refractivity contribution in [2.75, 3.05) is 0 Å². The molecule has 0 spiro atoms. The van der Waals surface area contributed by atoms with Gasteiger partial charge in [0.05, 0.1) is 0 Å². The van der Waals surface area contributed by atoms with Gasteiger partial charge in [0.2, 0.25) is 0 Å². The molecule has 13 heteroatoms. The van der Waals surface area contributed by atoms with E-state index in [4.69, 9.17) is 19.8 Å². The van der Waals surface area contributed by atoms with Gasteiger partial charge in [-0.1, -0.05) is 0 Å². The van der Waals surface area contributed by atoms with Crippen LogP contribution in [0.5, 0.6) is 0 Å². The minimum Gasteiger partial charge on any atom is -1.00 e. The molecule has 0 fully saturated rings. The molecule has 17 heavy (non-hydrogen) atoms. The third-order valence-electron chi connectivity index (χ3n) is 0.485. The molecule has 0 amide bonds. The maximum Gasteiger partial charge on any atom is 2.00 e. The second-order valence-corrected chi connectivity index (χ2v) is 1.61. The largest absolute Gasteiger partial charge is 2.00 e. The predicted octanol–water partition coefficient (Wildman–Crippen LogP) is -4.73. The van der Waals surface area contributed by atoms with Gasteiger partial charge < -0.3 is 35.0 Å². The van der Waals surface area contributed by atoms with E-state index >= 15 is 0 Å². The fraction of sp³-hybridized carbons (Fsp3) is 0.500. The monoisotopic (exact) mass is 388 g/mol. The molecule has 0 saturated heterocycles. The number of rotatable bonds is 0. The van der Waals surface area contributed by atoms with E-state index in [0.29, 0.717) is 0 Å². The van der Waals surface area contributed by atoms with Gasteiger partial charge in [0, 0.05) is 0 Å². The van der Waals surface area contributed by atoms with Crippen LogP contribution in [0, 0.1) is 0 Å². The molecule has 0 unspecified atom stereocenters. The smallest absolute Gasteiger partial charge is 1.00 e. The molecule has 0 aromatic heterocycles. The van der Waals surface area contributed by atoms with E-state index in [1.807, 2.05) is 0 Å². The van der Waals surface area contributed by atoms with Gasteiger partial charge in [0.25, 0.3) is 0 Å². The fourth-order valence-electron chi connectivity index (χ4n) is 0. The molecular weight excluding hydrogens is 388 g/mol. The van der Waals surface area contributed by atoms with Crippen molar-refractivity contribution in [3.63, 3.8) is 0 Å². The maximum atomic E-state index is 10.6. The minimum atomic E-state index is -5.08. The summed E-state index contributed by atoms with van der Waals surface area (Å²) in [5, 5.41) is 14.2. The zero-order valence-corrected chi connectivity index (χ0v) is 11.2. The van der Waals surface area contributed by atoms with Gasteiger partial charge in [0.15, 0.2) is 0 Å². The van der Waals surface area contributed by atoms with Crippen molar-refractivity contribution in [3.8, 4) is 0 Å². The molecule has 0 aliphatic heterocycles. The van der Waals surface area contributed by atoms with Crippen molar-refractivity contribution in [1.82, 2.24) is 0 Å². The molecule has 0 bridgehead atoms. The minimum absolute atomic E-state index is 0. The van der Waals surface area contributed by atoms with E-state index in [2.05, 4.69) is 0 Å². The van der Waals surface area contributed by atoms with Crippen molar-refractivity contribution in [2.45, 2.75) is 12.4 Å². The van der Waals surface area contributed by atoms with E-state index in [1.54, 1.807) is 0 Å². The number of alkyl halides is 6. The van der Waals surface area contributed by atoms with Gasteiger partial charge in [-0.2, -0.15) is 26.3 Å². The topological polar surface area (TPSA) is 74.6 Å². The van der Waals surface area contributed by atoms with Gasteiger partial charge in [-0.15, -0.1) is 0 Å². The number of carbonyl (C=O) groups is 2. The summed E-state index contributed by atoms with van der Waals surface area (Å²) in [6.07, 6.45) is -10.2. The summed E-state index contributed by atoms with van der Waals surface area (Å²) in [5.74, 6) is -5.51. The summed E-state index contributed by atoms with van der Waals surface area (Å²) in [4.78, 5) is 17.8. The number of hydrogen-bond donors (Lipinski definition) is 2. The summed E-state index contributed by atoms with van der Waals surface area (Å²) in [7, 11) is 0. The second kappa shape index (κ2) is 11.1. The van der Waals surface area contributed by atoms with E-state index < -0.39 is 24.3 Å². The predicted molar refractivity (Wildman–Crippen MR) is 27.4 cm³/mol. The third kappa shape index (κ3) is 21.8. The van der Waals surface area contributed by atoms with Crippen molar-refractivity contribution in [2.24, 2.45) is 0 Å². The quantitative estimate of drug-likeness (QED) is 0.408. The van der Waals surface area contributed by atoms with Crippen LogP contribution in [0.2, 0.25) is 0 Å². The van der Waals surface area contributed by atoms with E-state index in [-0.39, 0.29) is 51.0 Å². The zero-order chi connectivity index (χ0) is 12.2. The number of hydrogen-bond acceptors (Lipinski definition) is 2.